The number of carbonyl (C=O) groups excluding carboxylic acids is 1. The lowest BCUT2D eigenvalue weighted by Gasteiger charge is -2.09. The number of pyridine rings is 1. The number of benzene rings is 1. The van der Waals surface area contributed by atoms with Gasteiger partial charge in [0.25, 0.3) is 5.91 Å². The summed E-state index contributed by atoms with van der Waals surface area (Å²) in [6.45, 7) is 2.04. The predicted octanol–water partition coefficient (Wildman–Crippen LogP) is 4.29. The van der Waals surface area contributed by atoms with Gasteiger partial charge in [0.05, 0.1) is 22.1 Å². The second kappa shape index (κ2) is 7.51. The molecule has 0 saturated heterocycles. The van der Waals surface area contributed by atoms with Crippen LogP contribution in [0.2, 0.25) is 5.02 Å². The zero-order valence-corrected chi connectivity index (χ0v) is 14.5. The molecule has 0 fully saturated rings. The number of aromatic nitrogens is 3. The highest BCUT2D eigenvalue weighted by atomic mass is 35.5. The minimum absolute atomic E-state index is 0.193. The molecule has 0 bridgehead atoms. The molecule has 1 N–H and O–H groups in total. The summed E-state index contributed by atoms with van der Waals surface area (Å²) in [7, 11) is 0. The van der Waals surface area contributed by atoms with Crippen molar-refractivity contribution in [3.05, 3.63) is 65.8 Å². The van der Waals surface area contributed by atoms with Crippen molar-refractivity contribution in [1.82, 2.24) is 14.5 Å². The first-order chi connectivity index (χ1) is 11.7. The minimum Gasteiger partial charge on any atom is -0.322 e. The largest absolute Gasteiger partial charge is 0.322 e. The molecule has 0 aliphatic heterocycles. The average Bonchev–Trinajstić information content (AvgIpc) is 3.10. The van der Waals surface area contributed by atoms with Gasteiger partial charge >= 0.3 is 0 Å². The van der Waals surface area contributed by atoms with Gasteiger partial charge in [0.15, 0.2) is 0 Å². The number of anilines is 1. The van der Waals surface area contributed by atoms with Gasteiger partial charge in [0.2, 0.25) is 0 Å². The van der Waals surface area contributed by atoms with Gasteiger partial charge in [0.1, 0.15) is 0 Å². The highest BCUT2D eigenvalue weighted by Crippen LogP contribution is 2.25. The maximum absolute atomic E-state index is 12.4. The van der Waals surface area contributed by atoms with E-state index in [4.69, 9.17) is 11.6 Å². The summed E-state index contributed by atoms with van der Waals surface area (Å²) in [6, 6.07) is 8.84. The first-order valence-corrected chi connectivity index (χ1v) is 8.72. The van der Waals surface area contributed by atoms with Gasteiger partial charge in [-0.25, -0.2) is 9.97 Å². The molecular weight excluding hydrogens is 344 g/mol. The maximum Gasteiger partial charge on any atom is 0.255 e. The Hall–Kier alpha value is -2.31. The van der Waals surface area contributed by atoms with Crippen LogP contribution in [0.5, 0.6) is 0 Å². The number of imidazole rings is 1. The van der Waals surface area contributed by atoms with Crippen LogP contribution in [0, 0.1) is 0 Å². The van der Waals surface area contributed by atoms with Gasteiger partial charge in [-0.15, -0.1) is 11.8 Å². The molecule has 2 aromatic heterocycles. The molecule has 0 unspecified atom stereocenters. The second-order valence-electron chi connectivity index (χ2n) is 4.91. The van der Waals surface area contributed by atoms with E-state index in [9.17, 15) is 4.79 Å². The van der Waals surface area contributed by atoms with E-state index in [1.807, 2.05) is 29.8 Å². The van der Waals surface area contributed by atoms with Crippen molar-refractivity contribution in [3.63, 3.8) is 0 Å². The molecule has 3 rings (SSSR count). The maximum atomic E-state index is 12.4. The van der Waals surface area contributed by atoms with E-state index >= 15 is 0 Å². The Balaban J connectivity index is 1.77. The van der Waals surface area contributed by atoms with Crippen molar-refractivity contribution in [3.8, 4) is 5.69 Å². The van der Waals surface area contributed by atoms with Crippen LogP contribution < -0.4 is 5.32 Å². The number of nitrogens with zero attached hydrogens (tertiary/aromatic N) is 3. The molecule has 1 aromatic carbocycles. The van der Waals surface area contributed by atoms with Crippen molar-refractivity contribution >= 4 is 35.0 Å². The van der Waals surface area contributed by atoms with E-state index in [1.54, 1.807) is 48.7 Å². The number of nitrogens with one attached hydrogen (secondary N) is 1. The SMILES string of the molecule is CCSc1cc(C(=O)Nc2ccc(-n3ccnc3)c(Cl)c2)ccn1. The van der Waals surface area contributed by atoms with Crippen LogP contribution >= 0.6 is 23.4 Å². The molecule has 0 radical (unpaired) electrons. The molecule has 0 aliphatic rings. The zero-order chi connectivity index (χ0) is 16.9. The number of amides is 1. The Morgan fingerprint density at radius 2 is 2.17 bits per heavy atom. The lowest BCUT2D eigenvalue weighted by molar-refractivity contribution is 0.102. The molecule has 7 heteroatoms. The summed E-state index contributed by atoms with van der Waals surface area (Å²) in [5.41, 5.74) is 2.00. The normalized spacial score (nSPS) is 10.6. The van der Waals surface area contributed by atoms with Gasteiger partial charge in [-0.2, -0.15) is 0 Å². The summed E-state index contributed by atoms with van der Waals surface area (Å²) in [4.78, 5) is 20.6. The Bertz CT molecular complexity index is 852. The van der Waals surface area contributed by atoms with Gasteiger partial charge in [-0.3, -0.25) is 4.79 Å². The number of rotatable bonds is 5. The molecule has 0 spiro atoms. The van der Waals surface area contributed by atoms with Gasteiger partial charge in [-0.05, 0) is 36.1 Å². The molecular formula is C17H15ClN4OS. The number of halogens is 1. The first-order valence-electron chi connectivity index (χ1n) is 7.35. The third-order valence-corrected chi connectivity index (χ3v) is 4.39. The van der Waals surface area contributed by atoms with Crippen molar-refractivity contribution in [1.29, 1.82) is 0 Å². The van der Waals surface area contributed by atoms with Gasteiger partial charge < -0.3 is 9.88 Å². The van der Waals surface area contributed by atoms with Gasteiger partial charge in [-0.1, -0.05) is 18.5 Å². The van der Waals surface area contributed by atoms with Crippen LogP contribution in [0.25, 0.3) is 5.69 Å². The predicted molar refractivity (Wildman–Crippen MR) is 97.2 cm³/mol. The topological polar surface area (TPSA) is 59.8 Å². The fourth-order valence-corrected chi connectivity index (χ4v) is 3.10. The average molecular weight is 359 g/mol. The van der Waals surface area contributed by atoms with E-state index in [-0.39, 0.29) is 5.91 Å². The molecule has 0 atom stereocenters. The van der Waals surface area contributed by atoms with Crippen LogP contribution in [0.4, 0.5) is 5.69 Å². The molecule has 122 valence electrons. The van der Waals surface area contributed by atoms with E-state index < -0.39 is 0 Å². The van der Waals surface area contributed by atoms with Crippen molar-refractivity contribution in [2.24, 2.45) is 0 Å². The van der Waals surface area contributed by atoms with Crippen molar-refractivity contribution < 1.29 is 4.79 Å². The molecule has 0 saturated carbocycles. The standard InChI is InChI=1S/C17H15ClN4OS/c1-2-24-16-9-12(5-6-20-16)17(23)21-13-3-4-15(14(18)10-13)22-8-7-19-11-22/h3-11H,2H2,1H3,(H,21,23). The van der Waals surface area contributed by atoms with Crippen LogP contribution in [0.15, 0.2) is 60.3 Å². The highest BCUT2D eigenvalue weighted by Gasteiger charge is 2.10. The van der Waals surface area contributed by atoms with Crippen LogP contribution in [0.3, 0.4) is 0 Å². The van der Waals surface area contributed by atoms with E-state index in [1.165, 1.54) is 0 Å². The Morgan fingerprint density at radius 1 is 1.29 bits per heavy atom. The summed E-state index contributed by atoms with van der Waals surface area (Å²) in [5.74, 6) is 0.713. The van der Waals surface area contributed by atoms with E-state index in [0.717, 1.165) is 16.5 Å². The summed E-state index contributed by atoms with van der Waals surface area (Å²) < 4.78 is 1.81. The zero-order valence-electron chi connectivity index (χ0n) is 12.9. The Kier molecular flexibility index (Phi) is 5.17. The third-order valence-electron chi connectivity index (χ3n) is 3.28. The van der Waals surface area contributed by atoms with E-state index in [2.05, 4.69) is 15.3 Å². The molecule has 5 nitrogen and oxygen atoms in total. The van der Waals surface area contributed by atoms with Crippen LogP contribution in [0.1, 0.15) is 17.3 Å². The number of thioether (sulfide) groups is 1. The quantitative estimate of drug-likeness (QED) is 0.691. The van der Waals surface area contributed by atoms with Crippen LogP contribution in [-0.4, -0.2) is 26.2 Å². The lowest BCUT2D eigenvalue weighted by atomic mass is 10.2. The molecule has 24 heavy (non-hydrogen) atoms. The molecule has 1 amide bonds. The highest BCUT2D eigenvalue weighted by molar-refractivity contribution is 7.99. The molecule has 2 heterocycles. The van der Waals surface area contributed by atoms with Crippen molar-refractivity contribution in [2.45, 2.75) is 11.9 Å². The fraction of sp³-hybridized carbons (Fsp3) is 0.118. The van der Waals surface area contributed by atoms with E-state index in [0.29, 0.717) is 16.3 Å². The minimum atomic E-state index is -0.193. The third kappa shape index (κ3) is 3.77. The fourth-order valence-electron chi connectivity index (χ4n) is 2.18. The molecule has 0 aliphatic carbocycles. The monoisotopic (exact) mass is 358 g/mol. The summed E-state index contributed by atoms with van der Waals surface area (Å²) >= 11 is 7.90. The summed E-state index contributed by atoms with van der Waals surface area (Å²) in [6.07, 6.45) is 6.80. The lowest BCUT2D eigenvalue weighted by Crippen LogP contribution is -2.12. The second-order valence-corrected chi connectivity index (χ2v) is 6.60. The van der Waals surface area contributed by atoms with Gasteiger partial charge in [0, 0.05) is 29.8 Å². The Morgan fingerprint density at radius 3 is 2.88 bits per heavy atom. The van der Waals surface area contributed by atoms with Crippen molar-refractivity contribution in [2.75, 3.05) is 11.1 Å². The number of hydrogen-bond donors (Lipinski definition) is 1. The Labute approximate surface area is 149 Å². The summed E-state index contributed by atoms with van der Waals surface area (Å²) in [5, 5.41) is 4.22. The first kappa shape index (κ1) is 16.5. The van der Waals surface area contributed by atoms with Crippen LogP contribution in [-0.2, 0) is 0 Å². The number of carbonyl (C=O) groups is 1. The molecule has 3 aromatic rings. The number of hydrogen-bond acceptors (Lipinski definition) is 4. The smallest absolute Gasteiger partial charge is 0.255 e.